The van der Waals surface area contributed by atoms with Crippen molar-refractivity contribution in [1.82, 2.24) is 30.0 Å². The first kappa shape index (κ1) is 20.8. The zero-order valence-electron chi connectivity index (χ0n) is 17.5. The Morgan fingerprint density at radius 1 is 1.25 bits per heavy atom. The lowest BCUT2D eigenvalue weighted by molar-refractivity contribution is -0.123. The van der Waals surface area contributed by atoms with Gasteiger partial charge >= 0.3 is 0 Å². The second-order valence-corrected chi connectivity index (χ2v) is 8.58. The van der Waals surface area contributed by atoms with Crippen molar-refractivity contribution in [3.8, 4) is 5.69 Å². The zero-order chi connectivity index (χ0) is 22.1. The summed E-state index contributed by atoms with van der Waals surface area (Å²) in [5, 5.41) is 12.9. The van der Waals surface area contributed by atoms with Crippen molar-refractivity contribution in [1.29, 1.82) is 0 Å². The molecule has 10 heteroatoms. The van der Waals surface area contributed by atoms with Crippen molar-refractivity contribution in [3.63, 3.8) is 0 Å². The topological polar surface area (TPSA) is 107 Å². The fourth-order valence-electron chi connectivity index (χ4n) is 3.84. The zero-order valence-corrected chi connectivity index (χ0v) is 19.0. The van der Waals surface area contributed by atoms with Crippen molar-refractivity contribution in [2.45, 2.75) is 31.3 Å². The highest BCUT2D eigenvalue weighted by Gasteiger charge is 2.30. The van der Waals surface area contributed by atoms with Crippen molar-refractivity contribution < 1.29 is 9.53 Å². The van der Waals surface area contributed by atoms with Crippen LogP contribution in [0.2, 0.25) is 0 Å². The van der Waals surface area contributed by atoms with Crippen LogP contribution in [-0.4, -0.2) is 56.4 Å². The minimum Gasteiger partial charge on any atom is -0.384 e. The number of carbonyl (C=O) groups excluding carboxylic acids is 1. The van der Waals surface area contributed by atoms with Crippen LogP contribution in [0.15, 0.2) is 47.3 Å². The number of carbonyl (C=O) groups is 1. The van der Waals surface area contributed by atoms with E-state index in [-0.39, 0.29) is 18.0 Å². The number of methoxy groups -OCH3 is 1. The van der Waals surface area contributed by atoms with E-state index in [1.807, 2.05) is 30.3 Å². The van der Waals surface area contributed by atoms with Crippen molar-refractivity contribution in [2.75, 3.05) is 19.0 Å². The monoisotopic (exact) mass is 495 g/mol. The molecule has 32 heavy (non-hydrogen) atoms. The summed E-state index contributed by atoms with van der Waals surface area (Å²) in [5.41, 5.74) is 2.53. The van der Waals surface area contributed by atoms with E-state index >= 15 is 0 Å². The van der Waals surface area contributed by atoms with Gasteiger partial charge in [-0.3, -0.25) is 9.78 Å². The number of aromatic nitrogens is 5. The Morgan fingerprint density at radius 2 is 2.12 bits per heavy atom. The Morgan fingerprint density at radius 3 is 2.97 bits per heavy atom. The van der Waals surface area contributed by atoms with E-state index < -0.39 is 0 Å². The van der Waals surface area contributed by atoms with E-state index in [1.165, 1.54) is 0 Å². The van der Waals surface area contributed by atoms with Gasteiger partial charge in [-0.1, -0.05) is 6.07 Å². The molecule has 4 aromatic rings. The van der Waals surface area contributed by atoms with Crippen LogP contribution >= 0.6 is 15.9 Å². The van der Waals surface area contributed by atoms with E-state index in [0.717, 1.165) is 34.8 Å². The number of ether oxygens (including phenoxy) is 1. The molecular weight excluding hydrogens is 474 g/mol. The number of hydrogen-bond acceptors (Lipinski definition) is 7. The van der Waals surface area contributed by atoms with Crippen LogP contribution in [0.1, 0.15) is 19.3 Å². The minimum absolute atomic E-state index is 0.0207. The van der Waals surface area contributed by atoms with Gasteiger partial charge in [-0.2, -0.15) is 10.1 Å². The van der Waals surface area contributed by atoms with Crippen LogP contribution < -0.4 is 10.6 Å². The number of nitrogens with zero attached hydrogens (tertiary/aromatic N) is 5. The lowest BCUT2D eigenvalue weighted by Gasteiger charge is -2.36. The van der Waals surface area contributed by atoms with Crippen molar-refractivity contribution in [2.24, 2.45) is 0 Å². The molecule has 0 unspecified atom stereocenters. The highest BCUT2D eigenvalue weighted by molar-refractivity contribution is 9.10. The van der Waals surface area contributed by atoms with Crippen molar-refractivity contribution >= 4 is 49.7 Å². The summed E-state index contributed by atoms with van der Waals surface area (Å²) < 4.78 is 7.43. The summed E-state index contributed by atoms with van der Waals surface area (Å²) in [6, 6.07) is 10.3. The molecule has 0 radical (unpaired) electrons. The maximum absolute atomic E-state index is 11.8. The van der Waals surface area contributed by atoms with Gasteiger partial charge < -0.3 is 15.4 Å². The van der Waals surface area contributed by atoms with Crippen molar-refractivity contribution in [3.05, 3.63) is 47.3 Å². The van der Waals surface area contributed by atoms with E-state index in [4.69, 9.17) is 9.72 Å². The molecule has 5 rings (SSSR count). The summed E-state index contributed by atoms with van der Waals surface area (Å²) in [7, 11) is 1.59. The average molecular weight is 496 g/mol. The van der Waals surface area contributed by atoms with Gasteiger partial charge in [0.05, 0.1) is 23.2 Å². The number of fused-ring (bicyclic) bond motifs is 2. The quantitative estimate of drug-likeness (QED) is 0.405. The third kappa shape index (κ3) is 4.15. The van der Waals surface area contributed by atoms with Crippen LogP contribution in [0, 0.1) is 0 Å². The maximum atomic E-state index is 11.8. The van der Waals surface area contributed by atoms with Gasteiger partial charge in [-0.15, -0.1) is 0 Å². The van der Waals surface area contributed by atoms with Crippen LogP contribution in [0.25, 0.3) is 27.6 Å². The number of pyridine rings is 1. The molecule has 1 aliphatic rings. The van der Waals surface area contributed by atoms with Crippen LogP contribution in [0.4, 0.5) is 5.95 Å². The molecule has 1 fully saturated rings. The molecule has 164 valence electrons. The molecule has 1 aliphatic carbocycles. The van der Waals surface area contributed by atoms with Gasteiger partial charge in [-0.05, 0) is 53.0 Å². The lowest BCUT2D eigenvalue weighted by atomic mass is 9.87. The van der Waals surface area contributed by atoms with E-state index in [0.29, 0.717) is 29.2 Å². The second kappa shape index (κ2) is 8.79. The first-order valence-electron chi connectivity index (χ1n) is 10.4. The average Bonchev–Trinajstić information content (AvgIpc) is 3.11. The van der Waals surface area contributed by atoms with Gasteiger partial charge in [0.15, 0.2) is 5.65 Å². The van der Waals surface area contributed by atoms with Gasteiger partial charge in [0, 0.05) is 43.4 Å². The number of halogens is 1. The highest BCUT2D eigenvalue weighted by atomic mass is 79.9. The Bertz CT molecular complexity index is 1290. The largest absolute Gasteiger partial charge is 0.384 e. The maximum Gasteiger partial charge on any atom is 0.224 e. The molecule has 0 spiro atoms. The van der Waals surface area contributed by atoms with E-state index in [1.54, 1.807) is 24.2 Å². The normalized spacial score (nSPS) is 17.9. The molecule has 1 aromatic carbocycles. The Labute approximate surface area is 192 Å². The standard InChI is InChI=1S/C22H22BrN7O2/c1-32-8-6-19(31)26-14-10-15(11-14)27-22-25-12-17-20(23)29-30(21(17)28-22)16-4-5-18-13(9-16)3-2-7-24-18/h2-5,7,9,12,14-15H,6,8,10-11H2,1H3,(H,26,31)(H,25,27,28). The fraction of sp³-hybridized carbons (Fsp3) is 0.318. The number of rotatable bonds is 7. The predicted molar refractivity (Wildman–Crippen MR) is 125 cm³/mol. The summed E-state index contributed by atoms with van der Waals surface area (Å²) in [5.74, 6) is 0.565. The highest BCUT2D eigenvalue weighted by Crippen LogP contribution is 2.28. The van der Waals surface area contributed by atoms with E-state index in [9.17, 15) is 4.79 Å². The Hall–Kier alpha value is -3.11. The van der Waals surface area contributed by atoms with Crippen LogP contribution in [-0.2, 0) is 9.53 Å². The number of nitrogens with one attached hydrogen (secondary N) is 2. The van der Waals surface area contributed by atoms with Gasteiger partial charge in [0.25, 0.3) is 0 Å². The third-order valence-corrected chi connectivity index (χ3v) is 6.17. The molecule has 9 nitrogen and oxygen atoms in total. The first-order chi connectivity index (χ1) is 15.6. The Kier molecular flexibility index (Phi) is 5.71. The summed E-state index contributed by atoms with van der Waals surface area (Å²) in [6.45, 7) is 0.436. The Balaban J connectivity index is 1.32. The summed E-state index contributed by atoms with van der Waals surface area (Å²) in [6.07, 6.45) is 5.60. The van der Waals surface area contributed by atoms with Crippen LogP contribution in [0.3, 0.4) is 0 Å². The van der Waals surface area contributed by atoms with Crippen LogP contribution in [0.5, 0.6) is 0 Å². The molecule has 0 atom stereocenters. The number of benzene rings is 1. The molecular formula is C22H22BrN7O2. The molecule has 1 saturated carbocycles. The molecule has 2 N–H and O–H groups in total. The lowest BCUT2D eigenvalue weighted by Crippen LogP contribution is -2.50. The van der Waals surface area contributed by atoms with E-state index in [2.05, 4.69) is 41.6 Å². The molecule has 1 amide bonds. The number of hydrogen-bond donors (Lipinski definition) is 2. The minimum atomic E-state index is 0.0207. The number of anilines is 1. The molecule has 3 heterocycles. The third-order valence-electron chi connectivity index (χ3n) is 5.58. The second-order valence-electron chi connectivity index (χ2n) is 7.83. The predicted octanol–water partition coefficient (Wildman–Crippen LogP) is 3.22. The van der Waals surface area contributed by atoms with Gasteiger partial charge in [0.2, 0.25) is 11.9 Å². The summed E-state index contributed by atoms with van der Waals surface area (Å²) >= 11 is 3.52. The SMILES string of the molecule is COCCC(=O)NC1CC(Nc2ncc3c(Br)nn(-c4ccc5ncccc5c4)c3n2)C1. The summed E-state index contributed by atoms with van der Waals surface area (Å²) in [4.78, 5) is 25.4. The molecule has 0 saturated heterocycles. The molecule has 3 aromatic heterocycles. The molecule has 0 bridgehead atoms. The van der Waals surface area contributed by atoms with Gasteiger partial charge in [0.1, 0.15) is 4.60 Å². The smallest absolute Gasteiger partial charge is 0.224 e. The van der Waals surface area contributed by atoms with Gasteiger partial charge in [-0.25, -0.2) is 9.67 Å². The number of amides is 1. The fourth-order valence-corrected chi connectivity index (χ4v) is 4.28. The molecule has 0 aliphatic heterocycles. The first-order valence-corrected chi connectivity index (χ1v) is 11.2.